The van der Waals surface area contributed by atoms with Gasteiger partial charge in [-0.2, -0.15) is 0 Å². The lowest BCUT2D eigenvalue weighted by Gasteiger charge is -2.20. The molecule has 25 heavy (non-hydrogen) atoms. The highest BCUT2D eigenvalue weighted by molar-refractivity contribution is 6.30. The van der Waals surface area contributed by atoms with Gasteiger partial charge in [-0.05, 0) is 43.3 Å². The zero-order valence-electron chi connectivity index (χ0n) is 14.0. The molecule has 0 bridgehead atoms. The van der Waals surface area contributed by atoms with E-state index in [-0.39, 0.29) is 24.0 Å². The van der Waals surface area contributed by atoms with E-state index in [0.717, 1.165) is 0 Å². The molecule has 3 N–H and O–H groups in total. The minimum Gasteiger partial charge on any atom is -0.321 e. The summed E-state index contributed by atoms with van der Waals surface area (Å²) in [7, 11) is 1.73. The Morgan fingerprint density at radius 2 is 1.76 bits per heavy atom. The van der Waals surface area contributed by atoms with Crippen molar-refractivity contribution in [1.82, 2.24) is 0 Å². The first kappa shape index (κ1) is 18.9. The van der Waals surface area contributed by atoms with Crippen LogP contribution < -0.4 is 15.5 Å². The predicted octanol–water partition coefficient (Wildman–Crippen LogP) is 1.96. The van der Waals surface area contributed by atoms with Gasteiger partial charge in [0.1, 0.15) is 5.82 Å². The number of nitrogens with one attached hydrogen (secondary N) is 3. The van der Waals surface area contributed by atoms with Crippen LogP contribution in [-0.2, 0) is 9.59 Å². The smallest absolute Gasteiger partial charge is 0.282 e. The Morgan fingerprint density at radius 1 is 1.12 bits per heavy atom. The van der Waals surface area contributed by atoms with Crippen LogP contribution >= 0.6 is 11.6 Å². The molecule has 0 aliphatic heterocycles. The van der Waals surface area contributed by atoms with E-state index in [0.29, 0.717) is 15.6 Å². The first-order valence-electron chi connectivity index (χ1n) is 7.80. The highest BCUT2D eigenvalue weighted by Gasteiger charge is 2.24. The molecule has 0 radical (unpaired) electrons. The average Bonchev–Trinajstić information content (AvgIpc) is 2.58. The van der Waals surface area contributed by atoms with Crippen molar-refractivity contribution in [1.29, 1.82) is 0 Å². The van der Waals surface area contributed by atoms with Crippen LogP contribution in [0.5, 0.6) is 0 Å². The van der Waals surface area contributed by atoms with Gasteiger partial charge in [-0.3, -0.25) is 9.59 Å². The second-order valence-corrected chi connectivity index (χ2v) is 6.21. The minimum atomic E-state index is -0.532. The highest BCUT2D eigenvalue weighted by Crippen LogP contribution is 2.13. The number of benzene rings is 2. The van der Waals surface area contributed by atoms with E-state index in [1.807, 2.05) is 0 Å². The van der Waals surface area contributed by atoms with Gasteiger partial charge in [0.15, 0.2) is 12.6 Å². The van der Waals surface area contributed by atoms with Crippen LogP contribution in [0.3, 0.4) is 0 Å². The standard InChI is InChI=1S/C18H19ClFN3O2/c1-12(18(25)22-16-6-4-3-5-15(16)20)23(2)11-17(24)21-14-9-7-13(19)8-10-14/h3-10,12H,11H2,1-2H3,(H,21,24)(H,22,25)/p+1/t12-/m0/s1. The van der Waals surface area contributed by atoms with E-state index in [9.17, 15) is 14.0 Å². The maximum atomic E-state index is 13.6. The lowest BCUT2D eigenvalue weighted by Crippen LogP contribution is -3.14. The first-order chi connectivity index (χ1) is 11.9. The molecule has 5 nitrogen and oxygen atoms in total. The number of carbonyl (C=O) groups is 2. The van der Waals surface area contributed by atoms with E-state index in [2.05, 4.69) is 10.6 Å². The van der Waals surface area contributed by atoms with Crippen molar-refractivity contribution in [3.8, 4) is 0 Å². The van der Waals surface area contributed by atoms with Gasteiger partial charge in [-0.15, -0.1) is 0 Å². The number of halogens is 2. The molecular formula is C18H20ClFN3O2+. The molecule has 0 saturated carbocycles. The zero-order chi connectivity index (χ0) is 18.4. The average molecular weight is 365 g/mol. The van der Waals surface area contributed by atoms with E-state index in [1.54, 1.807) is 50.4 Å². The van der Waals surface area contributed by atoms with Crippen molar-refractivity contribution >= 4 is 34.8 Å². The van der Waals surface area contributed by atoms with Gasteiger partial charge in [0.25, 0.3) is 11.8 Å². The molecule has 0 spiro atoms. The van der Waals surface area contributed by atoms with Crippen molar-refractivity contribution in [2.45, 2.75) is 13.0 Å². The molecule has 2 aromatic carbocycles. The lowest BCUT2D eigenvalue weighted by atomic mass is 10.2. The Labute approximate surface area is 150 Å². The van der Waals surface area contributed by atoms with Gasteiger partial charge in [-0.25, -0.2) is 4.39 Å². The molecule has 0 saturated heterocycles. The van der Waals surface area contributed by atoms with Crippen LogP contribution in [0.15, 0.2) is 48.5 Å². The summed E-state index contributed by atoms with van der Waals surface area (Å²) in [6, 6.07) is 12.2. The van der Waals surface area contributed by atoms with Crippen molar-refractivity contribution in [2.75, 3.05) is 24.2 Å². The van der Waals surface area contributed by atoms with E-state index >= 15 is 0 Å². The molecule has 132 valence electrons. The van der Waals surface area contributed by atoms with Crippen molar-refractivity contribution in [2.24, 2.45) is 0 Å². The molecular weight excluding hydrogens is 345 g/mol. The maximum Gasteiger partial charge on any atom is 0.282 e. The van der Waals surface area contributed by atoms with Gasteiger partial charge >= 0.3 is 0 Å². The highest BCUT2D eigenvalue weighted by atomic mass is 35.5. The number of quaternary nitrogens is 1. The summed E-state index contributed by atoms with van der Waals surface area (Å²) >= 11 is 5.80. The van der Waals surface area contributed by atoms with Crippen LogP contribution in [0.4, 0.5) is 15.8 Å². The third-order valence-corrected chi connectivity index (χ3v) is 4.08. The number of hydrogen-bond donors (Lipinski definition) is 3. The summed E-state index contributed by atoms with van der Waals surface area (Å²) in [5.41, 5.74) is 0.753. The van der Waals surface area contributed by atoms with E-state index in [4.69, 9.17) is 11.6 Å². The Hall–Kier alpha value is -2.44. The second kappa shape index (κ2) is 8.60. The van der Waals surface area contributed by atoms with Crippen molar-refractivity contribution in [3.05, 3.63) is 59.4 Å². The molecule has 1 unspecified atom stereocenters. The Balaban J connectivity index is 1.89. The van der Waals surface area contributed by atoms with Crippen LogP contribution in [0.25, 0.3) is 0 Å². The molecule has 0 aromatic heterocycles. The number of carbonyl (C=O) groups excluding carboxylic acids is 2. The SMILES string of the molecule is C[C@@H](C(=O)Nc1ccccc1F)[NH+](C)CC(=O)Nc1ccc(Cl)cc1. The third kappa shape index (κ3) is 5.55. The summed E-state index contributed by atoms with van der Waals surface area (Å²) in [5, 5.41) is 5.86. The fourth-order valence-corrected chi connectivity index (χ4v) is 2.30. The summed E-state index contributed by atoms with van der Waals surface area (Å²) < 4.78 is 13.6. The Morgan fingerprint density at radius 3 is 2.40 bits per heavy atom. The molecule has 2 aromatic rings. The molecule has 0 aliphatic rings. The molecule has 7 heteroatoms. The topological polar surface area (TPSA) is 62.6 Å². The fraction of sp³-hybridized carbons (Fsp3) is 0.222. The number of likely N-dealkylation sites (N-methyl/N-ethyl adjacent to an activating group) is 1. The van der Waals surface area contributed by atoms with Crippen LogP contribution in [0.2, 0.25) is 5.02 Å². The summed E-state index contributed by atoms with van der Waals surface area (Å²) in [5.74, 6) is -1.09. The van der Waals surface area contributed by atoms with Crippen LogP contribution in [0.1, 0.15) is 6.92 Å². The summed E-state index contributed by atoms with van der Waals surface area (Å²) in [6.07, 6.45) is 0. The zero-order valence-corrected chi connectivity index (χ0v) is 14.7. The van der Waals surface area contributed by atoms with Gasteiger partial charge in [-0.1, -0.05) is 23.7 Å². The second-order valence-electron chi connectivity index (χ2n) is 5.77. The molecule has 2 atom stereocenters. The largest absolute Gasteiger partial charge is 0.321 e. The third-order valence-electron chi connectivity index (χ3n) is 3.83. The van der Waals surface area contributed by atoms with Gasteiger partial charge in [0.05, 0.1) is 12.7 Å². The molecule has 2 rings (SSSR count). The number of anilines is 2. The van der Waals surface area contributed by atoms with Gasteiger partial charge in [0, 0.05) is 10.7 Å². The molecule has 0 aliphatic carbocycles. The van der Waals surface area contributed by atoms with Crippen molar-refractivity contribution in [3.63, 3.8) is 0 Å². The number of hydrogen-bond acceptors (Lipinski definition) is 2. The van der Waals surface area contributed by atoms with E-state index in [1.165, 1.54) is 12.1 Å². The molecule has 0 fully saturated rings. The molecule has 2 amide bonds. The predicted molar refractivity (Wildman–Crippen MR) is 96.3 cm³/mol. The van der Waals surface area contributed by atoms with Gasteiger partial charge in [0.2, 0.25) is 0 Å². The Bertz CT molecular complexity index is 752. The summed E-state index contributed by atoms with van der Waals surface area (Å²) in [6.45, 7) is 1.77. The number of rotatable bonds is 6. The van der Waals surface area contributed by atoms with Crippen LogP contribution in [-0.4, -0.2) is 31.4 Å². The van der Waals surface area contributed by atoms with E-state index < -0.39 is 11.9 Å². The van der Waals surface area contributed by atoms with Gasteiger partial charge < -0.3 is 15.5 Å². The molecule has 0 heterocycles. The van der Waals surface area contributed by atoms with Crippen LogP contribution in [0, 0.1) is 5.82 Å². The fourth-order valence-electron chi connectivity index (χ4n) is 2.17. The quantitative estimate of drug-likeness (QED) is 0.733. The first-order valence-corrected chi connectivity index (χ1v) is 8.17. The van der Waals surface area contributed by atoms with Crippen molar-refractivity contribution < 1.29 is 18.9 Å². The lowest BCUT2D eigenvalue weighted by molar-refractivity contribution is -0.885. The number of amides is 2. The normalized spacial score (nSPS) is 13.0. The number of para-hydroxylation sites is 1. The Kier molecular flexibility index (Phi) is 6.50. The monoisotopic (exact) mass is 364 g/mol. The maximum absolute atomic E-state index is 13.6. The summed E-state index contributed by atoms with van der Waals surface area (Å²) in [4.78, 5) is 25.0. The minimum absolute atomic E-state index is 0.0918.